The first kappa shape index (κ1) is 9.53. The summed E-state index contributed by atoms with van der Waals surface area (Å²) in [7, 11) is 0. The van der Waals surface area contributed by atoms with E-state index in [2.05, 4.69) is 19.1 Å². The average Bonchev–Trinajstić information content (AvgIpc) is 2.90. The molecule has 2 nitrogen and oxygen atoms in total. The molecule has 1 aromatic carbocycles. The molecule has 1 fully saturated rings. The Morgan fingerprint density at radius 3 is 2.64 bits per heavy atom. The highest BCUT2D eigenvalue weighted by Gasteiger charge is 2.24. The number of aryl methyl sites for hydroxylation is 1. The van der Waals surface area contributed by atoms with Crippen molar-refractivity contribution in [3.8, 4) is 5.75 Å². The molecule has 1 saturated heterocycles. The minimum atomic E-state index is 0.233. The van der Waals surface area contributed by atoms with Crippen molar-refractivity contribution in [2.75, 3.05) is 6.61 Å². The molecule has 1 aromatic rings. The van der Waals surface area contributed by atoms with Gasteiger partial charge in [-0.1, -0.05) is 6.07 Å². The molecule has 1 unspecified atom stereocenters. The molecule has 0 spiro atoms. The predicted octanol–water partition coefficient (Wildman–Crippen LogP) is 2.85. The summed E-state index contributed by atoms with van der Waals surface area (Å²) in [5, 5.41) is 0. The average molecular weight is 192 g/mol. The van der Waals surface area contributed by atoms with Crippen LogP contribution in [0, 0.1) is 6.92 Å². The third-order valence-corrected chi connectivity index (χ3v) is 2.27. The zero-order valence-corrected chi connectivity index (χ0v) is 8.91. The zero-order chi connectivity index (χ0) is 10.1. The molecule has 1 aliphatic rings. The summed E-state index contributed by atoms with van der Waals surface area (Å²) in [6.45, 7) is 7.02. The Labute approximate surface area is 84.8 Å². The summed E-state index contributed by atoms with van der Waals surface area (Å²) in [5.41, 5.74) is 2.45. The van der Waals surface area contributed by atoms with E-state index in [4.69, 9.17) is 9.47 Å². The van der Waals surface area contributed by atoms with Gasteiger partial charge in [0.2, 0.25) is 0 Å². The van der Waals surface area contributed by atoms with Crippen molar-refractivity contribution in [2.45, 2.75) is 33.0 Å². The maximum Gasteiger partial charge on any atom is 0.122 e. The van der Waals surface area contributed by atoms with E-state index in [0.717, 1.165) is 12.4 Å². The lowest BCUT2D eigenvalue weighted by Gasteiger charge is -2.12. The molecule has 0 aromatic heterocycles. The highest BCUT2D eigenvalue weighted by molar-refractivity contribution is 5.38. The van der Waals surface area contributed by atoms with Gasteiger partial charge in [-0.05, 0) is 44.0 Å². The minimum absolute atomic E-state index is 0.233. The van der Waals surface area contributed by atoms with Crippen LogP contribution in [-0.2, 0) is 4.74 Å². The van der Waals surface area contributed by atoms with E-state index in [0.29, 0.717) is 6.10 Å². The van der Waals surface area contributed by atoms with Crippen molar-refractivity contribution in [3.63, 3.8) is 0 Å². The molecule has 0 saturated carbocycles. The van der Waals surface area contributed by atoms with E-state index in [1.54, 1.807) is 0 Å². The first-order valence-electron chi connectivity index (χ1n) is 5.05. The molecular formula is C12H16O2. The standard InChI is InChI=1S/C12H16O2/c1-8(2)14-11-5-4-10(6-9(11)3)12-7-13-12/h4-6,8,12H,7H2,1-3H3. The molecule has 0 radical (unpaired) electrons. The van der Waals surface area contributed by atoms with Gasteiger partial charge in [-0.2, -0.15) is 0 Å². The quantitative estimate of drug-likeness (QED) is 0.687. The maximum atomic E-state index is 5.66. The maximum absolute atomic E-state index is 5.66. The van der Waals surface area contributed by atoms with Crippen LogP contribution < -0.4 is 4.74 Å². The molecule has 0 amide bonds. The molecule has 0 bridgehead atoms. The summed E-state index contributed by atoms with van der Waals surface area (Å²) < 4.78 is 10.9. The van der Waals surface area contributed by atoms with Gasteiger partial charge in [0.15, 0.2) is 0 Å². The van der Waals surface area contributed by atoms with E-state index >= 15 is 0 Å². The minimum Gasteiger partial charge on any atom is -0.491 e. The zero-order valence-electron chi connectivity index (χ0n) is 8.91. The lowest BCUT2D eigenvalue weighted by molar-refractivity contribution is 0.240. The Balaban J connectivity index is 2.17. The lowest BCUT2D eigenvalue weighted by Crippen LogP contribution is -2.06. The molecule has 2 heteroatoms. The number of hydrogen-bond donors (Lipinski definition) is 0. The van der Waals surface area contributed by atoms with Crippen molar-refractivity contribution in [1.29, 1.82) is 0 Å². The molecule has 1 atom stereocenters. The first-order valence-corrected chi connectivity index (χ1v) is 5.05. The van der Waals surface area contributed by atoms with Gasteiger partial charge in [-0.25, -0.2) is 0 Å². The fraction of sp³-hybridized carbons (Fsp3) is 0.500. The van der Waals surface area contributed by atoms with Crippen LogP contribution in [0.15, 0.2) is 18.2 Å². The fourth-order valence-electron chi connectivity index (χ4n) is 1.50. The van der Waals surface area contributed by atoms with Crippen LogP contribution >= 0.6 is 0 Å². The van der Waals surface area contributed by atoms with Crippen LogP contribution in [-0.4, -0.2) is 12.7 Å². The van der Waals surface area contributed by atoms with Gasteiger partial charge in [-0.3, -0.25) is 0 Å². The van der Waals surface area contributed by atoms with Crippen LogP contribution in [0.3, 0.4) is 0 Å². The van der Waals surface area contributed by atoms with Gasteiger partial charge < -0.3 is 9.47 Å². The highest BCUT2D eigenvalue weighted by atomic mass is 16.6. The normalized spacial score (nSPS) is 19.9. The molecule has 0 aliphatic carbocycles. The first-order chi connectivity index (χ1) is 6.66. The lowest BCUT2D eigenvalue weighted by atomic mass is 10.1. The Bertz CT molecular complexity index is 327. The number of benzene rings is 1. The number of rotatable bonds is 3. The van der Waals surface area contributed by atoms with Crippen molar-refractivity contribution >= 4 is 0 Å². The Kier molecular flexibility index (Phi) is 2.46. The highest BCUT2D eigenvalue weighted by Crippen LogP contribution is 2.32. The van der Waals surface area contributed by atoms with Gasteiger partial charge in [0.05, 0.1) is 12.7 Å². The summed E-state index contributed by atoms with van der Waals surface area (Å²) in [4.78, 5) is 0. The van der Waals surface area contributed by atoms with Gasteiger partial charge in [0.25, 0.3) is 0 Å². The Morgan fingerprint density at radius 1 is 1.43 bits per heavy atom. The van der Waals surface area contributed by atoms with E-state index in [1.807, 2.05) is 19.9 Å². The third-order valence-electron chi connectivity index (χ3n) is 2.27. The van der Waals surface area contributed by atoms with Crippen LogP contribution in [0.2, 0.25) is 0 Å². The molecule has 0 N–H and O–H groups in total. The van der Waals surface area contributed by atoms with Crippen molar-refractivity contribution in [3.05, 3.63) is 29.3 Å². The number of hydrogen-bond acceptors (Lipinski definition) is 2. The second-order valence-electron chi connectivity index (χ2n) is 4.01. The number of ether oxygens (including phenoxy) is 2. The summed E-state index contributed by atoms with van der Waals surface area (Å²) in [6, 6.07) is 6.27. The molecular weight excluding hydrogens is 176 g/mol. The van der Waals surface area contributed by atoms with Crippen LogP contribution in [0.25, 0.3) is 0 Å². The third kappa shape index (κ3) is 2.07. The monoisotopic (exact) mass is 192 g/mol. The van der Waals surface area contributed by atoms with Crippen LogP contribution in [0.4, 0.5) is 0 Å². The molecule has 14 heavy (non-hydrogen) atoms. The molecule has 2 rings (SSSR count). The van der Waals surface area contributed by atoms with Crippen molar-refractivity contribution in [2.24, 2.45) is 0 Å². The molecule has 76 valence electrons. The Hall–Kier alpha value is -1.02. The van der Waals surface area contributed by atoms with E-state index in [-0.39, 0.29) is 6.10 Å². The van der Waals surface area contributed by atoms with Crippen molar-refractivity contribution < 1.29 is 9.47 Å². The fourth-order valence-corrected chi connectivity index (χ4v) is 1.50. The van der Waals surface area contributed by atoms with E-state index in [1.165, 1.54) is 11.1 Å². The van der Waals surface area contributed by atoms with Crippen molar-refractivity contribution in [1.82, 2.24) is 0 Å². The summed E-state index contributed by atoms with van der Waals surface area (Å²) >= 11 is 0. The van der Waals surface area contributed by atoms with Crippen LogP contribution in [0.5, 0.6) is 5.75 Å². The SMILES string of the molecule is Cc1cc(C2CO2)ccc1OC(C)C. The summed E-state index contributed by atoms with van der Waals surface area (Å²) in [5.74, 6) is 0.976. The van der Waals surface area contributed by atoms with Gasteiger partial charge in [0, 0.05) is 0 Å². The summed E-state index contributed by atoms with van der Waals surface area (Å²) in [6.07, 6.45) is 0.568. The van der Waals surface area contributed by atoms with Gasteiger partial charge in [0.1, 0.15) is 11.9 Å². The second-order valence-corrected chi connectivity index (χ2v) is 4.01. The largest absolute Gasteiger partial charge is 0.491 e. The molecule has 1 heterocycles. The second kappa shape index (κ2) is 3.62. The van der Waals surface area contributed by atoms with E-state index < -0.39 is 0 Å². The number of epoxide rings is 1. The topological polar surface area (TPSA) is 21.8 Å². The smallest absolute Gasteiger partial charge is 0.122 e. The Morgan fingerprint density at radius 2 is 2.14 bits per heavy atom. The molecule has 1 aliphatic heterocycles. The van der Waals surface area contributed by atoms with Gasteiger partial charge in [-0.15, -0.1) is 0 Å². The predicted molar refractivity (Wildman–Crippen MR) is 55.6 cm³/mol. The van der Waals surface area contributed by atoms with Gasteiger partial charge >= 0.3 is 0 Å². The van der Waals surface area contributed by atoms with E-state index in [9.17, 15) is 0 Å². The van der Waals surface area contributed by atoms with Crippen LogP contribution in [0.1, 0.15) is 31.1 Å².